The Morgan fingerprint density at radius 2 is 1.77 bits per heavy atom. The first kappa shape index (κ1) is 21.5. The van der Waals surface area contributed by atoms with Crippen molar-refractivity contribution in [2.45, 2.75) is 40.0 Å². The van der Waals surface area contributed by atoms with Crippen LogP contribution in [0.25, 0.3) is 0 Å². The van der Waals surface area contributed by atoms with Gasteiger partial charge in [0.1, 0.15) is 5.75 Å². The number of nitrogens with one attached hydrogen (secondary N) is 1. The molecule has 0 aromatic heterocycles. The molecule has 158 valence electrons. The Labute approximate surface area is 176 Å². The van der Waals surface area contributed by atoms with Crippen LogP contribution in [-0.4, -0.2) is 45.7 Å². The number of aliphatic hydroxyl groups is 1. The molecule has 7 heteroatoms. The first-order valence-corrected chi connectivity index (χ1v) is 10.1. The predicted octanol–water partition coefficient (Wildman–Crippen LogP) is 3.16. The minimum atomic E-state index is -0.320. The van der Waals surface area contributed by atoms with Gasteiger partial charge in [0, 0.05) is 13.2 Å². The van der Waals surface area contributed by atoms with Gasteiger partial charge in [0.25, 0.3) is 5.91 Å². The normalized spacial score (nSPS) is 15.1. The van der Waals surface area contributed by atoms with Crippen molar-refractivity contribution in [3.8, 4) is 5.75 Å². The Morgan fingerprint density at radius 3 is 2.47 bits per heavy atom. The number of aliphatic hydroxyl groups excluding tert-OH is 1. The average molecular weight is 409 g/mol. The zero-order chi connectivity index (χ0) is 21.7. The molecule has 0 fully saturated rings. The molecule has 1 aliphatic heterocycles. The number of nitrogens with zero attached hydrogens (tertiary/aromatic N) is 3. The largest absolute Gasteiger partial charge is 0.505 e. The third-order valence-corrected chi connectivity index (χ3v) is 5.27. The molecule has 0 atom stereocenters. The highest BCUT2D eigenvalue weighted by Gasteiger charge is 2.29. The van der Waals surface area contributed by atoms with Crippen molar-refractivity contribution in [1.82, 2.24) is 5.01 Å². The van der Waals surface area contributed by atoms with Crippen molar-refractivity contribution in [2.75, 3.05) is 18.6 Å². The van der Waals surface area contributed by atoms with Crippen molar-refractivity contribution >= 4 is 23.0 Å². The molecule has 0 bridgehead atoms. The van der Waals surface area contributed by atoms with Gasteiger partial charge >= 0.3 is 0 Å². The number of phenols is 1. The lowest BCUT2D eigenvalue weighted by molar-refractivity contribution is -0.123. The summed E-state index contributed by atoms with van der Waals surface area (Å²) < 4.78 is 0. The summed E-state index contributed by atoms with van der Waals surface area (Å²) in [6.45, 7) is 6.24. The maximum atomic E-state index is 12.4. The van der Waals surface area contributed by atoms with Gasteiger partial charge < -0.3 is 10.2 Å². The monoisotopic (exact) mass is 408 g/mol. The SMILES string of the molecule is CC1=NN(CCCO)C(=O)C1=NNc1cccc(CCc2c(C)cccc2C)c1O. The topological polar surface area (TPSA) is 97.5 Å². The van der Waals surface area contributed by atoms with Gasteiger partial charge in [-0.3, -0.25) is 10.2 Å². The maximum Gasteiger partial charge on any atom is 0.296 e. The number of carbonyl (C=O) groups is 1. The highest BCUT2D eigenvalue weighted by atomic mass is 16.3. The number of phenolic OH excluding ortho intramolecular Hbond substituents is 1. The van der Waals surface area contributed by atoms with Crippen LogP contribution in [-0.2, 0) is 17.6 Å². The molecule has 1 aliphatic rings. The van der Waals surface area contributed by atoms with Crippen molar-refractivity contribution < 1.29 is 15.0 Å². The Morgan fingerprint density at radius 1 is 1.07 bits per heavy atom. The lowest BCUT2D eigenvalue weighted by Gasteiger charge is -2.12. The Balaban J connectivity index is 1.72. The van der Waals surface area contributed by atoms with Crippen LogP contribution in [0.4, 0.5) is 5.69 Å². The number of aryl methyl sites for hydroxylation is 3. The molecule has 0 aliphatic carbocycles. The molecule has 2 aromatic carbocycles. The minimum Gasteiger partial charge on any atom is -0.505 e. The quantitative estimate of drug-likeness (QED) is 0.462. The number of aromatic hydroxyl groups is 1. The smallest absolute Gasteiger partial charge is 0.296 e. The number of carbonyl (C=O) groups excluding carboxylic acids is 1. The number of para-hydroxylation sites is 1. The molecule has 0 unspecified atom stereocenters. The summed E-state index contributed by atoms with van der Waals surface area (Å²) in [6, 6.07) is 11.7. The van der Waals surface area contributed by atoms with E-state index in [-0.39, 0.29) is 24.0 Å². The van der Waals surface area contributed by atoms with Crippen molar-refractivity contribution in [1.29, 1.82) is 0 Å². The summed E-state index contributed by atoms with van der Waals surface area (Å²) in [5.74, 6) is -0.190. The molecule has 1 amide bonds. The van der Waals surface area contributed by atoms with Gasteiger partial charge in [-0.05, 0) is 68.4 Å². The summed E-state index contributed by atoms with van der Waals surface area (Å²) in [5.41, 5.74) is 8.55. The van der Waals surface area contributed by atoms with E-state index in [9.17, 15) is 9.90 Å². The summed E-state index contributed by atoms with van der Waals surface area (Å²) in [6.07, 6.45) is 1.97. The van der Waals surface area contributed by atoms with Gasteiger partial charge in [-0.2, -0.15) is 10.2 Å². The first-order chi connectivity index (χ1) is 14.4. The summed E-state index contributed by atoms with van der Waals surface area (Å²) >= 11 is 0. The average Bonchev–Trinajstić information content (AvgIpc) is 2.99. The molecule has 0 saturated heterocycles. The van der Waals surface area contributed by atoms with Crippen LogP contribution in [0.1, 0.15) is 35.6 Å². The van der Waals surface area contributed by atoms with Gasteiger partial charge in [0.2, 0.25) is 0 Å². The fraction of sp³-hybridized carbons (Fsp3) is 0.348. The summed E-state index contributed by atoms with van der Waals surface area (Å²) in [7, 11) is 0. The van der Waals surface area contributed by atoms with Crippen LogP contribution in [0.5, 0.6) is 5.75 Å². The highest BCUT2D eigenvalue weighted by Crippen LogP contribution is 2.29. The number of amides is 1. The van der Waals surface area contributed by atoms with Crippen LogP contribution in [0.2, 0.25) is 0 Å². The van der Waals surface area contributed by atoms with E-state index >= 15 is 0 Å². The standard InChI is InChI=1S/C23H28N4O3/c1-15-7-4-8-16(2)19(15)12-11-18-9-5-10-20(22(18)29)24-25-21-17(3)26-27(23(21)30)13-6-14-28/h4-5,7-10,24,28-29H,6,11-14H2,1-3H3. The molecular weight excluding hydrogens is 380 g/mol. The fourth-order valence-corrected chi connectivity index (χ4v) is 3.55. The van der Waals surface area contributed by atoms with Gasteiger partial charge in [-0.15, -0.1) is 0 Å². The van der Waals surface area contributed by atoms with Crippen molar-refractivity contribution in [3.63, 3.8) is 0 Å². The van der Waals surface area contributed by atoms with Crippen LogP contribution in [0, 0.1) is 13.8 Å². The lowest BCUT2D eigenvalue weighted by atomic mass is 9.96. The number of hydrogen-bond acceptors (Lipinski definition) is 6. The van der Waals surface area contributed by atoms with Gasteiger partial charge in [0.15, 0.2) is 5.71 Å². The molecule has 0 saturated carbocycles. The van der Waals surface area contributed by atoms with E-state index in [0.717, 1.165) is 12.0 Å². The van der Waals surface area contributed by atoms with E-state index in [1.165, 1.54) is 21.7 Å². The molecule has 30 heavy (non-hydrogen) atoms. The van der Waals surface area contributed by atoms with Crippen LogP contribution < -0.4 is 5.43 Å². The number of hydrogen-bond donors (Lipinski definition) is 3. The number of rotatable bonds is 8. The highest BCUT2D eigenvalue weighted by molar-refractivity contribution is 6.68. The van der Waals surface area contributed by atoms with Crippen LogP contribution in [0.15, 0.2) is 46.6 Å². The van der Waals surface area contributed by atoms with Crippen LogP contribution >= 0.6 is 0 Å². The van der Waals surface area contributed by atoms with Crippen LogP contribution in [0.3, 0.4) is 0 Å². The summed E-state index contributed by atoms with van der Waals surface area (Å²) in [5, 5.41) is 29.3. The van der Waals surface area contributed by atoms with E-state index in [4.69, 9.17) is 5.11 Å². The molecule has 3 rings (SSSR count). The van der Waals surface area contributed by atoms with Crippen molar-refractivity contribution in [3.05, 3.63) is 58.7 Å². The predicted molar refractivity (Wildman–Crippen MR) is 119 cm³/mol. The Kier molecular flexibility index (Phi) is 6.84. The molecule has 7 nitrogen and oxygen atoms in total. The van der Waals surface area contributed by atoms with E-state index < -0.39 is 0 Å². The summed E-state index contributed by atoms with van der Waals surface area (Å²) in [4.78, 5) is 12.4. The zero-order valence-electron chi connectivity index (χ0n) is 17.6. The fourth-order valence-electron chi connectivity index (χ4n) is 3.55. The first-order valence-electron chi connectivity index (χ1n) is 10.1. The van der Waals surface area contributed by atoms with E-state index in [2.05, 4.69) is 47.7 Å². The van der Waals surface area contributed by atoms with E-state index in [0.29, 0.717) is 30.8 Å². The lowest BCUT2D eigenvalue weighted by Crippen LogP contribution is -2.29. The maximum absolute atomic E-state index is 12.4. The molecule has 1 heterocycles. The third kappa shape index (κ3) is 4.68. The van der Waals surface area contributed by atoms with E-state index in [1.807, 2.05) is 12.1 Å². The van der Waals surface area contributed by atoms with Gasteiger partial charge in [-0.25, -0.2) is 5.01 Å². The molecule has 3 N–H and O–H groups in total. The molecule has 0 radical (unpaired) electrons. The van der Waals surface area contributed by atoms with Crippen molar-refractivity contribution in [2.24, 2.45) is 10.2 Å². The second-order valence-corrected chi connectivity index (χ2v) is 7.45. The number of benzene rings is 2. The second kappa shape index (κ2) is 9.54. The molecule has 0 spiro atoms. The van der Waals surface area contributed by atoms with Gasteiger partial charge in [0.05, 0.1) is 11.4 Å². The third-order valence-electron chi connectivity index (χ3n) is 5.27. The molecule has 2 aromatic rings. The number of hydrazone groups is 2. The minimum absolute atomic E-state index is 0.00817. The van der Waals surface area contributed by atoms with Gasteiger partial charge in [-0.1, -0.05) is 30.3 Å². The zero-order valence-corrected chi connectivity index (χ0v) is 17.6. The van der Waals surface area contributed by atoms with E-state index in [1.54, 1.807) is 13.0 Å². The number of anilines is 1. The second-order valence-electron chi connectivity index (χ2n) is 7.45. The Hall–Kier alpha value is -3.19. The molecular formula is C23H28N4O3. The Bertz CT molecular complexity index is 978.